The quantitative estimate of drug-likeness (QED) is 0.491. The molecule has 2 amide bonds. The first-order valence-corrected chi connectivity index (χ1v) is 9.41. The van der Waals surface area contributed by atoms with Crippen molar-refractivity contribution >= 4 is 45.1 Å². The van der Waals surface area contributed by atoms with Crippen LogP contribution in [-0.2, 0) is 0 Å². The van der Waals surface area contributed by atoms with E-state index in [0.717, 1.165) is 5.56 Å². The summed E-state index contributed by atoms with van der Waals surface area (Å²) in [5.74, 6) is -0.107. The van der Waals surface area contributed by atoms with Crippen LogP contribution in [-0.4, -0.2) is 23.0 Å². The van der Waals surface area contributed by atoms with Crippen LogP contribution in [0.3, 0.4) is 0 Å². The third kappa shape index (κ3) is 6.04. The van der Waals surface area contributed by atoms with Crippen LogP contribution in [0.4, 0.5) is 0 Å². The van der Waals surface area contributed by atoms with Crippen LogP contribution < -0.4 is 20.9 Å². The highest BCUT2D eigenvalue weighted by molar-refractivity contribution is 9.10. The Morgan fingerprint density at radius 2 is 1.78 bits per heavy atom. The van der Waals surface area contributed by atoms with E-state index >= 15 is 0 Å². The first-order chi connectivity index (χ1) is 12.8. The van der Waals surface area contributed by atoms with Crippen molar-refractivity contribution in [3.63, 3.8) is 0 Å². The van der Waals surface area contributed by atoms with Gasteiger partial charge in [0.25, 0.3) is 11.8 Å². The molecule has 0 saturated carbocycles. The lowest BCUT2D eigenvalue weighted by Crippen LogP contribution is -2.48. The predicted octanol–water partition coefficient (Wildman–Crippen LogP) is 3.49. The molecule has 0 aliphatic carbocycles. The molecule has 0 unspecified atom stereocenters. The Bertz CT molecular complexity index is 871. The molecule has 0 aromatic heterocycles. The maximum absolute atomic E-state index is 12.3. The molecule has 0 saturated heterocycles. The Morgan fingerprint density at radius 1 is 1.07 bits per heavy atom. The molecule has 142 valence electrons. The van der Waals surface area contributed by atoms with Crippen LogP contribution in [0.2, 0.25) is 0 Å². The minimum Gasteiger partial charge on any atom is -0.490 e. The average Bonchev–Trinajstić information content (AvgIpc) is 2.61. The molecular formula is C19H20BrN3O3S. The molecule has 2 rings (SSSR count). The summed E-state index contributed by atoms with van der Waals surface area (Å²) in [6.07, 6.45) is 0.0228. The predicted molar refractivity (Wildman–Crippen MR) is 112 cm³/mol. The van der Waals surface area contributed by atoms with E-state index < -0.39 is 5.91 Å². The van der Waals surface area contributed by atoms with E-state index in [2.05, 4.69) is 32.1 Å². The van der Waals surface area contributed by atoms with Crippen molar-refractivity contribution in [3.05, 3.63) is 63.6 Å². The lowest BCUT2D eigenvalue weighted by Gasteiger charge is -2.13. The number of ether oxygens (including phenoxy) is 1. The van der Waals surface area contributed by atoms with Crippen molar-refractivity contribution in [2.75, 3.05) is 0 Å². The van der Waals surface area contributed by atoms with E-state index in [1.807, 2.05) is 32.9 Å². The summed E-state index contributed by atoms with van der Waals surface area (Å²) in [6.45, 7) is 5.67. The molecule has 0 heterocycles. The lowest BCUT2D eigenvalue weighted by atomic mass is 10.1. The van der Waals surface area contributed by atoms with Gasteiger partial charge in [-0.3, -0.25) is 25.8 Å². The van der Waals surface area contributed by atoms with Crippen LogP contribution in [0, 0.1) is 6.92 Å². The largest absolute Gasteiger partial charge is 0.490 e. The Kier molecular flexibility index (Phi) is 7.32. The number of amides is 2. The van der Waals surface area contributed by atoms with Gasteiger partial charge < -0.3 is 4.74 Å². The first-order valence-electron chi connectivity index (χ1n) is 8.21. The maximum atomic E-state index is 12.3. The fourth-order valence-corrected chi connectivity index (χ4v) is 2.82. The fourth-order valence-electron chi connectivity index (χ4n) is 2.21. The topological polar surface area (TPSA) is 79.5 Å². The smallest absolute Gasteiger partial charge is 0.269 e. The molecule has 3 N–H and O–H groups in total. The molecule has 0 fully saturated rings. The fraction of sp³-hybridized carbons (Fsp3) is 0.211. The van der Waals surface area contributed by atoms with Gasteiger partial charge in [-0.25, -0.2) is 0 Å². The highest BCUT2D eigenvalue weighted by Crippen LogP contribution is 2.26. The van der Waals surface area contributed by atoms with Gasteiger partial charge in [0.15, 0.2) is 5.11 Å². The number of halogens is 1. The lowest BCUT2D eigenvalue weighted by molar-refractivity contribution is 0.0934. The molecule has 8 heteroatoms. The normalized spacial score (nSPS) is 10.3. The Morgan fingerprint density at radius 3 is 2.41 bits per heavy atom. The highest BCUT2D eigenvalue weighted by atomic mass is 79.9. The van der Waals surface area contributed by atoms with E-state index in [9.17, 15) is 9.59 Å². The molecule has 0 aliphatic heterocycles. The van der Waals surface area contributed by atoms with E-state index in [4.69, 9.17) is 17.0 Å². The van der Waals surface area contributed by atoms with Crippen molar-refractivity contribution in [2.24, 2.45) is 0 Å². The van der Waals surface area contributed by atoms with Gasteiger partial charge in [0, 0.05) is 11.1 Å². The van der Waals surface area contributed by atoms with E-state index in [1.165, 1.54) is 0 Å². The van der Waals surface area contributed by atoms with E-state index in [-0.39, 0.29) is 17.1 Å². The molecule has 6 nitrogen and oxygen atoms in total. The molecule has 0 aliphatic rings. The number of thiocarbonyl (C=S) groups is 1. The van der Waals surface area contributed by atoms with Gasteiger partial charge in [-0.15, -0.1) is 0 Å². The minimum absolute atomic E-state index is 0.0134. The zero-order valence-electron chi connectivity index (χ0n) is 15.1. The average molecular weight is 450 g/mol. The van der Waals surface area contributed by atoms with E-state index in [0.29, 0.717) is 21.3 Å². The van der Waals surface area contributed by atoms with Gasteiger partial charge in [0.2, 0.25) is 0 Å². The molecular weight excluding hydrogens is 430 g/mol. The van der Waals surface area contributed by atoms with Crippen LogP contribution in [0.5, 0.6) is 5.75 Å². The van der Waals surface area contributed by atoms with Crippen LogP contribution in [0.1, 0.15) is 40.1 Å². The number of hydrazine groups is 1. The number of aryl methyl sites for hydroxylation is 1. The van der Waals surface area contributed by atoms with Gasteiger partial charge >= 0.3 is 0 Å². The number of benzene rings is 2. The van der Waals surface area contributed by atoms with Gasteiger partial charge in [-0.05, 0) is 78.7 Å². The van der Waals surface area contributed by atoms with Crippen molar-refractivity contribution in [1.82, 2.24) is 16.2 Å². The van der Waals surface area contributed by atoms with Crippen LogP contribution >= 0.6 is 28.1 Å². The SMILES string of the molecule is Cc1ccccc1C(=O)NNC(=S)NC(=O)c1ccc(OC(C)C)c(Br)c1. The summed E-state index contributed by atoms with van der Waals surface area (Å²) >= 11 is 8.44. The number of carbonyl (C=O) groups excluding carboxylic acids is 2. The molecule has 0 atom stereocenters. The summed E-state index contributed by atoms with van der Waals surface area (Å²) in [5.41, 5.74) is 6.74. The monoisotopic (exact) mass is 449 g/mol. The zero-order valence-corrected chi connectivity index (χ0v) is 17.5. The number of rotatable bonds is 4. The summed E-state index contributed by atoms with van der Waals surface area (Å²) < 4.78 is 6.28. The van der Waals surface area contributed by atoms with Gasteiger partial charge in [0.1, 0.15) is 5.75 Å². The van der Waals surface area contributed by atoms with Gasteiger partial charge in [0.05, 0.1) is 10.6 Å². The van der Waals surface area contributed by atoms with Gasteiger partial charge in [-0.2, -0.15) is 0 Å². The molecule has 2 aromatic carbocycles. The molecule has 0 radical (unpaired) electrons. The van der Waals surface area contributed by atoms with Crippen molar-refractivity contribution in [2.45, 2.75) is 26.9 Å². The van der Waals surface area contributed by atoms with Gasteiger partial charge in [-0.1, -0.05) is 18.2 Å². The Hall–Kier alpha value is -2.45. The number of hydrogen-bond donors (Lipinski definition) is 3. The molecule has 27 heavy (non-hydrogen) atoms. The summed E-state index contributed by atoms with van der Waals surface area (Å²) in [5, 5.41) is 2.50. The molecule has 0 bridgehead atoms. The Labute approximate surface area is 171 Å². The minimum atomic E-state index is -0.408. The van der Waals surface area contributed by atoms with Crippen LogP contribution in [0.25, 0.3) is 0 Å². The standard InChI is InChI=1S/C19H20BrN3O3S/c1-11(2)26-16-9-8-13(10-15(16)20)17(24)21-19(27)23-22-18(25)14-7-5-4-6-12(14)3/h4-11H,1-3H3,(H,22,25)(H2,21,23,24,27). The summed E-state index contributed by atoms with van der Waals surface area (Å²) in [7, 11) is 0. The second-order valence-corrected chi connectivity index (χ2v) is 7.25. The summed E-state index contributed by atoms with van der Waals surface area (Å²) in [6, 6.07) is 12.1. The molecule has 0 spiro atoms. The number of nitrogens with one attached hydrogen (secondary N) is 3. The first kappa shape index (κ1) is 20.9. The number of carbonyl (C=O) groups is 2. The second kappa shape index (κ2) is 9.48. The highest BCUT2D eigenvalue weighted by Gasteiger charge is 2.13. The maximum Gasteiger partial charge on any atom is 0.269 e. The second-order valence-electron chi connectivity index (χ2n) is 5.99. The van der Waals surface area contributed by atoms with Crippen molar-refractivity contribution < 1.29 is 14.3 Å². The zero-order chi connectivity index (χ0) is 20.0. The van der Waals surface area contributed by atoms with E-state index in [1.54, 1.807) is 30.3 Å². The third-order valence-corrected chi connectivity index (χ3v) is 4.29. The van der Waals surface area contributed by atoms with Crippen molar-refractivity contribution in [3.8, 4) is 5.75 Å². The number of hydrogen-bond acceptors (Lipinski definition) is 4. The Balaban J connectivity index is 1.92. The third-order valence-electron chi connectivity index (χ3n) is 3.46. The van der Waals surface area contributed by atoms with Crippen LogP contribution in [0.15, 0.2) is 46.9 Å². The summed E-state index contributed by atoms with van der Waals surface area (Å²) in [4.78, 5) is 24.4. The molecule has 2 aromatic rings. The van der Waals surface area contributed by atoms with Crippen molar-refractivity contribution in [1.29, 1.82) is 0 Å².